The van der Waals surface area contributed by atoms with Gasteiger partial charge in [-0.25, -0.2) is 4.79 Å². The van der Waals surface area contributed by atoms with Crippen molar-refractivity contribution in [3.63, 3.8) is 0 Å². The van der Waals surface area contributed by atoms with Crippen LogP contribution in [0.4, 0.5) is 0 Å². The third kappa shape index (κ3) is 10.8. The van der Waals surface area contributed by atoms with Crippen LogP contribution in [0.3, 0.4) is 0 Å². The number of aliphatic carboxylic acids is 1. The molecule has 1 rings (SSSR count). The number of thiol groups is 1. The molecule has 0 saturated carbocycles. The highest BCUT2D eigenvalue weighted by Gasteiger charge is 2.30. The molecular formula is C23H36N4O5S2. The van der Waals surface area contributed by atoms with Crippen molar-refractivity contribution in [1.29, 1.82) is 0 Å². The molecule has 11 heteroatoms. The molecule has 4 atom stereocenters. The molecule has 0 aliphatic carbocycles. The molecule has 0 aliphatic rings. The minimum Gasteiger partial charge on any atom is -0.480 e. The van der Waals surface area contributed by atoms with Gasteiger partial charge in [-0.15, -0.1) is 0 Å². The minimum absolute atomic E-state index is 0.0765. The molecule has 1 aromatic carbocycles. The van der Waals surface area contributed by atoms with Crippen molar-refractivity contribution in [2.75, 3.05) is 17.8 Å². The van der Waals surface area contributed by atoms with Gasteiger partial charge in [0, 0.05) is 12.2 Å². The van der Waals surface area contributed by atoms with Crippen molar-refractivity contribution in [3.05, 3.63) is 35.9 Å². The molecule has 1 aromatic rings. The lowest BCUT2D eigenvalue weighted by atomic mass is 10.0. The van der Waals surface area contributed by atoms with Crippen molar-refractivity contribution in [3.8, 4) is 0 Å². The normalized spacial score (nSPS) is 14.5. The van der Waals surface area contributed by atoms with Gasteiger partial charge in [-0.1, -0.05) is 44.2 Å². The molecular weight excluding hydrogens is 476 g/mol. The van der Waals surface area contributed by atoms with Crippen LogP contribution in [-0.4, -0.2) is 70.7 Å². The number of rotatable bonds is 15. The molecule has 9 nitrogen and oxygen atoms in total. The van der Waals surface area contributed by atoms with Crippen molar-refractivity contribution in [2.45, 2.75) is 57.3 Å². The zero-order chi connectivity index (χ0) is 25.7. The quantitative estimate of drug-likeness (QED) is 0.190. The number of benzene rings is 1. The van der Waals surface area contributed by atoms with E-state index in [0.29, 0.717) is 12.2 Å². The first-order valence-corrected chi connectivity index (χ1v) is 13.1. The van der Waals surface area contributed by atoms with Gasteiger partial charge < -0.3 is 26.8 Å². The number of hydrogen-bond donors (Lipinski definition) is 6. The molecule has 0 bridgehead atoms. The van der Waals surface area contributed by atoms with Gasteiger partial charge in [0.15, 0.2) is 0 Å². The molecule has 0 heterocycles. The molecule has 0 spiro atoms. The van der Waals surface area contributed by atoms with Crippen molar-refractivity contribution in [1.82, 2.24) is 16.0 Å². The molecule has 4 unspecified atom stereocenters. The van der Waals surface area contributed by atoms with E-state index in [2.05, 4.69) is 28.6 Å². The maximum atomic E-state index is 13.1. The molecule has 34 heavy (non-hydrogen) atoms. The summed E-state index contributed by atoms with van der Waals surface area (Å²) in [6.45, 7) is 3.81. The summed E-state index contributed by atoms with van der Waals surface area (Å²) in [5.74, 6) is -2.05. The lowest BCUT2D eigenvalue weighted by molar-refractivity contribution is -0.142. The van der Waals surface area contributed by atoms with Crippen molar-refractivity contribution >= 4 is 48.1 Å². The van der Waals surface area contributed by atoms with Gasteiger partial charge in [0.2, 0.25) is 17.7 Å². The van der Waals surface area contributed by atoms with E-state index in [9.17, 15) is 24.3 Å². The zero-order valence-electron chi connectivity index (χ0n) is 19.8. The maximum Gasteiger partial charge on any atom is 0.326 e. The van der Waals surface area contributed by atoms with Gasteiger partial charge in [0.1, 0.15) is 18.1 Å². The van der Waals surface area contributed by atoms with E-state index in [1.165, 1.54) is 11.8 Å². The number of nitrogens with two attached hydrogens (primary N) is 1. The Bertz CT molecular complexity index is 810. The SMILES string of the molecule is CSCCC(NC(=O)C(Cc1ccccc1)NC(=O)C(CC(C)C)NC(=O)C(N)CS)C(=O)O. The maximum absolute atomic E-state index is 13.1. The van der Waals surface area contributed by atoms with Crippen LogP contribution < -0.4 is 21.7 Å². The molecule has 3 amide bonds. The number of carboxylic acids is 1. The average molecular weight is 513 g/mol. The highest BCUT2D eigenvalue weighted by Crippen LogP contribution is 2.09. The fourth-order valence-electron chi connectivity index (χ4n) is 3.16. The van der Waals surface area contributed by atoms with Crippen molar-refractivity contribution < 1.29 is 24.3 Å². The summed E-state index contributed by atoms with van der Waals surface area (Å²) < 4.78 is 0. The first-order chi connectivity index (χ1) is 16.1. The van der Waals surface area contributed by atoms with E-state index in [1.54, 1.807) is 0 Å². The lowest BCUT2D eigenvalue weighted by Gasteiger charge is -2.26. The number of hydrogen-bond acceptors (Lipinski definition) is 7. The smallest absolute Gasteiger partial charge is 0.326 e. The summed E-state index contributed by atoms with van der Waals surface area (Å²) in [5.41, 5.74) is 6.52. The van der Waals surface area contributed by atoms with E-state index in [0.717, 1.165) is 5.56 Å². The Morgan fingerprint density at radius 2 is 1.53 bits per heavy atom. The summed E-state index contributed by atoms with van der Waals surface area (Å²) in [7, 11) is 0. The summed E-state index contributed by atoms with van der Waals surface area (Å²) in [5, 5.41) is 17.4. The summed E-state index contributed by atoms with van der Waals surface area (Å²) in [4.78, 5) is 50.1. The first-order valence-electron chi connectivity index (χ1n) is 11.1. The standard InChI is InChI=1S/C23H36N4O5S2/c1-14(2)11-18(26-20(28)16(24)13-33)21(29)27-19(12-15-7-5-4-6-8-15)22(30)25-17(23(31)32)9-10-34-3/h4-8,14,16-19,33H,9-13,24H2,1-3H3,(H,25,30)(H,26,28)(H,27,29)(H,31,32). The Labute approximate surface area is 210 Å². The predicted octanol–water partition coefficient (Wildman–Crippen LogP) is 0.824. The Morgan fingerprint density at radius 1 is 0.971 bits per heavy atom. The Balaban J connectivity index is 3.09. The number of carbonyl (C=O) groups is 4. The fourth-order valence-corrected chi connectivity index (χ4v) is 3.80. The van der Waals surface area contributed by atoms with Gasteiger partial charge in [0.25, 0.3) is 0 Å². The van der Waals surface area contributed by atoms with Crippen LogP contribution in [0.1, 0.15) is 32.3 Å². The Morgan fingerprint density at radius 3 is 2.06 bits per heavy atom. The van der Waals surface area contributed by atoms with Gasteiger partial charge in [0.05, 0.1) is 6.04 Å². The highest BCUT2D eigenvalue weighted by molar-refractivity contribution is 7.98. The monoisotopic (exact) mass is 512 g/mol. The van der Waals surface area contributed by atoms with E-state index in [4.69, 9.17) is 5.73 Å². The van der Waals surface area contributed by atoms with Gasteiger partial charge >= 0.3 is 5.97 Å². The summed E-state index contributed by atoms with van der Waals surface area (Å²) >= 11 is 5.50. The summed E-state index contributed by atoms with van der Waals surface area (Å²) in [6.07, 6.45) is 2.59. The molecule has 0 aliphatic heterocycles. The largest absolute Gasteiger partial charge is 0.480 e. The fraction of sp³-hybridized carbons (Fsp3) is 0.565. The van der Waals surface area contributed by atoms with Crippen LogP contribution >= 0.6 is 24.4 Å². The van der Waals surface area contributed by atoms with Crippen LogP contribution in [0.5, 0.6) is 0 Å². The topological polar surface area (TPSA) is 151 Å². The molecule has 6 N–H and O–H groups in total. The third-order valence-electron chi connectivity index (χ3n) is 5.01. The molecule has 0 saturated heterocycles. The number of thioether (sulfide) groups is 1. The molecule has 0 radical (unpaired) electrons. The highest BCUT2D eigenvalue weighted by atomic mass is 32.2. The van der Waals surface area contributed by atoms with E-state index in [1.807, 2.05) is 50.4 Å². The molecule has 0 fully saturated rings. The first kappa shape index (κ1) is 29.8. The summed E-state index contributed by atoms with van der Waals surface area (Å²) in [6, 6.07) is 5.20. The number of carbonyl (C=O) groups excluding carboxylic acids is 3. The minimum atomic E-state index is -1.14. The van der Waals surface area contributed by atoms with E-state index in [-0.39, 0.29) is 24.5 Å². The lowest BCUT2D eigenvalue weighted by Crippen LogP contribution is -2.58. The third-order valence-corrected chi connectivity index (χ3v) is 6.05. The number of amides is 3. The van der Waals surface area contributed by atoms with Crippen LogP contribution in [0.25, 0.3) is 0 Å². The van der Waals surface area contributed by atoms with E-state index < -0.39 is 47.9 Å². The zero-order valence-corrected chi connectivity index (χ0v) is 21.5. The van der Waals surface area contributed by atoms with Crippen LogP contribution in [-0.2, 0) is 25.6 Å². The number of carboxylic acid groups (broad SMARTS) is 1. The van der Waals surface area contributed by atoms with Crippen molar-refractivity contribution in [2.24, 2.45) is 11.7 Å². The van der Waals surface area contributed by atoms with Crippen LogP contribution in [0, 0.1) is 5.92 Å². The molecule has 190 valence electrons. The second kappa shape index (κ2) is 15.6. The molecule has 0 aromatic heterocycles. The van der Waals surface area contributed by atoms with Crippen LogP contribution in [0.15, 0.2) is 30.3 Å². The Hall–Kier alpha value is -2.24. The predicted molar refractivity (Wildman–Crippen MR) is 138 cm³/mol. The van der Waals surface area contributed by atoms with Gasteiger partial charge in [-0.2, -0.15) is 24.4 Å². The Kier molecular flexibility index (Phi) is 13.7. The second-order valence-electron chi connectivity index (χ2n) is 8.41. The second-order valence-corrected chi connectivity index (χ2v) is 9.76. The van der Waals surface area contributed by atoms with Crippen LogP contribution in [0.2, 0.25) is 0 Å². The van der Waals surface area contributed by atoms with Gasteiger partial charge in [-0.05, 0) is 36.3 Å². The number of nitrogens with one attached hydrogen (secondary N) is 3. The van der Waals surface area contributed by atoms with Gasteiger partial charge in [-0.3, -0.25) is 14.4 Å². The average Bonchev–Trinajstić information content (AvgIpc) is 2.80. The van der Waals surface area contributed by atoms with E-state index >= 15 is 0 Å².